The zero-order valence-corrected chi connectivity index (χ0v) is 17.3. The lowest BCUT2D eigenvalue weighted by Gasteiger charge is -2.50. The summed E-state index contributed by atoms with van der Waals surface area (Å²) in [5.41, 5.74) is -0.257. The van der Waals surface area contributed by atoms with E-state index in [1.165, 1.54) is 31.4 Å². The SMILES string of the molecule is C=CC[C@@H]1OCC[C@@]2(S(=O)(=O)c3ccc(OC)cc3)c3c(F)ccc(F)c3OC[C@@H]12. The lowest BCUT2D eigenvalue weighted by atomic mass is 9.75. The molecule has 5 nitrogen and oxygen atoms in total. The third-order valence-corrected chi connectivity index (χ3v) is 8.55. The van der Waals surface area contributed by atoms with Crippen molar-refractivity contribution in [2.45, 2.75) is 28.6 Å². The molecule has 3 atom stereocenters. The number of fused-ring (bicyclic) bond motifs is 3. The van der Waals surface area contributed by atoms with Crippen molar-refractivity contribution in [1.82, 2.24) is 0 Å². The molecule has 0 spiro atoms. The van der Waals surface area contributed by atoms with E-state index in [4.69, 9.17) is 14.2 Å². The Labute approximate surface area is 174 Å². The number of benzene rings is 2. The number of halogens is 2. The molecule has 1 saturated heterocycles. The van der Waals surface area contributed by atoms with Crippen LogP contribution in [0.5, 0.6) is 11.5 Å². The maximum absolute atomic E-state index is 15.2. The predicted octanol–water partition coefficient (Wildman–Crippen LogP) is 4.02. The van der Waals surface area contributed by atoms with Crippen molar-refractivity contribution in [3.8, 4) is 11.5 Å². The summed E-state index contributed by atoms with van der Waals surface area (Å²) in [7, 11) is -2.69. The van der Waals surface area contributed by atoms with Crippen LogP contribution in [-0.2, 0) is 19.3 Å². The molecule has 8 heteroatoms. The van der Waals surface area contributed by atoms with E-state index >= 15 is 4.39 Å². The molecule has 0 amide bonds. The molecule has 0 radical (unpaired) electrons. The highest BCUT2D eigenvalue weighted by Crippen LogP contribution is 2.55. The first-order chi connectivity index (χ1) is 14.4. The number of rotatable bonds is 5. The van der Waals surface area contributed by atoms with Gasteiger partial charge in [-0.2, -0.15) is 0 Å². The Bertz CT molecular complexity index is 1070. The summed E-state index contributed by atoms with van der Waals surface area (Å²) in [5, 5.41) is 0. The maximum atomic E-state index is 15.2. The molecule has 2 aliphatic heterocycles. The fraction of sp³-hybridized carbons (Fsp3) is 0.364. The van der Waals surface area contributed by atoms with Gasteiger partial charge in [0, 0.05) is 12.5 Å². The Hall–Kier alpha value is -2.45. The summed E-state index contributed by atoms with van der Waals surface area (Å²) in [5.74, 6) is -2.19. The predicted molar refractivity (Wildman–Crippen MR) is 106 cm³/mol. The van der Waals surface area contributed by atoms with Crippen molar-refractivity contribution >= 4 is 9.84 Å². The van der Waals surface area contributed by atoms with Crippen LogP contribution in [0.4, 0.5) is 8.78 Å². The number of methoxy groups -OCH3 is 1. The van der Waals surface area contributed by atoms with Crippen LogP contribution in [0.15, 0.2) is 53.9 Å². The molecule has 0 N–H and O–H groups in total. The van der Waals surface area contributed by atoms with Crippen LogP contribution in [0, 0.1) is 17.6 Å². The average Bonchev–Trinajstić information content (AvgIpc) is 2.76. The Morgan fingerprint density at radius 2 is 1.90 bits per heavy atom. The van der Waals surface area contributed by atoms with Gasteiger partial charge in [0.1, 0.15) is 16.3 Å². The van der Waals surface area contributed by atoms with Gasteiger partial charge >= 0.3 is 0 Å². The molecule has 0 saturated carbocycles. The minimum atomic E-state index is -4.17. The minimum Gasteiger partial charge on any atom is -0.497 e. The van der Waals surface area contributed by atoms with Crippen LogP contribution in [-0.4, -0.2) is 34.8 Å². The van der Waals surface area contributed by atoms with Gasteiger partial charge in [-0.1, -0.05) is 6.08 Å². The molecular weight excluding hydrogens is 414 g/mol. The summed E-state index contributed by atoms with van der Waals surface area (Å²) in [6.07, 6.45) is 1.41. The Morgan fingerprint density at radius 1 is 1.20 bits per heavy atom. The number of hydrogen-bond acceptors (Lipinski definition) is 5. The zero-order valence-electron chi connectivity index (χ0n) is 16.4. The molecule has 0 aromatic heterocycles. The monoisotopic (exact) mass is 436 g/mol. The molecule has 0 aliphatic carbocycles. The highest BCUT2D eigenvalue weighted by atomic mass is 32.2. The summed E-state index contributed by atoms with van der Waals surface area (Å²) in [4.78, 5) is 0.00376. The lowest BCUT2D eigenvalue weighted by Crippen LogP contribution is -2.57. The van der Waals surface area contributed by atoms with Gasteiger partial charge in [0.25, 0.3) is 0 Å². The van der Waals surface area contributed by atoms with Crippen LogP contribution >= 0.6 is 0 Å². The molecule has 2 heterocycles. The van der Waals surface area contributed by atoms with Crippen LogP contribution in [0.2, 0.25) is 0 Å². The average molecular weight is 436 g/mol. The molecule has 2 aromatic rings. The third kappa shape index (κ3) is 2.93. The summed E-state index contributed by atoms with van der Waals surface area (Å²) < 4.78 is 72.6. The topological polar surface area (TPSA) is 61.8 Å². The molecular formula is C22H22F2O5S. The molecule has 160 valence electrons. The van der Waals surface area contributed by atoms with Gasteiger partial charge in [-0.05, 0) is 49.2 Å². The molecule has 2 aromatic carbocycles. The van der Waals surface area contributed by atoms with Crippen molar-refractivity contribution < 1.29 is 31.4 Å². The van der Waals surface area contributed by atoms with E-state index in [0.29, 0.717) is 12.2 Å². The maximum Gasteiger partial charge on any atom is 0.189 e. The largest absolute Gasteiger partial charge is 0.497 e. The van der Waals surface area contributed by atoms with Crippen molar-refractivity contribution in [2.24, 2.45) is 5.92 Å². The van der Waals surface area contributed by atoms with Gasteiger partial charge in [0.2, 0.25) is 0 Å². The van der Waals surface area contributed by atoms with Gasteiger partial charge in [0.15, 0.2) is 21.4 Å². The first-order valence-electron chi connectivity index (χ1n) is 9.59. The van der Waals surface area contributed by atoms with Crippen molar-refractivity contribution in [1.29, 1.82) is 0 Å². The summed E-state index contributed by atoms with van der Waals surface area (Å²) >= 11 is 0. The smallest absolute Gasteiger partial charge is 0.189 e. The van der Waals surface area contributed by atoms with Gasteiger partial charge in [0.05, 0.1) is 30.3 Å². The van der Waals surface area contributed by atoms with E-state index in [1.807, 2.05) is 0 Å². The third-order valence-electron chi connectivity index (χ3n) is 5.99. The van der Waals surface area contributed by atoms with Crippen LogP contribution in [0.3, 0.4) is 0 Å². The normalized spacial score (nSPS) is 25.6. The lowest BCUT2D eigenvalue weighted by molar-refractivity contribution is -0.0704. The highest BCUT2D eigenvalue weighted by molar-refractivity contribution is 7.92. The fourth-order valence-electron chi connectivity index (χ4n) is 4.59. The number of sulfone groups is 1. The van der Waals surface area contributed by atoms with E-state index in [2.05, 4.69) is 6.58 Å². The number of hydrogen-bond donors (Lipinski definition) is 0. The zero-order chi connectivity index (χ0) is 21.5. The van der Waals surface area contributed by atoms with Gasteiger partial charge in [-0.3, -0.25) is 0 Å². The van der Waals surface area contributed by atoms with E-state index < -0.39 is 38.2 Å². The first-order valence-corrected chi connectivity index (χ1v) is 11.1. The van der Waals surface area contributed by atoms with E-state index in [0.717, 1.165) is 12.1 Å². The summed E-state index contributed by atoms with van der Waals surface area (Å²) in [6.45, 7) is 3.69. The molecule has 4 rings (SSSR count). The molecule has 2 aliphatic rings. The van der Waals surface area contributed by atoms with Gasteiger partial charge in [-0.25, -0.2) is 17.2 Å². The molecule has 0 unspecified atom stereocenters. The molecule has 1 fully saturated rings. The van der Waals surface area contributed by atoms with Crippen LogP contribution in [0.25, 0.3) is 0 Å². The first kappa shape index (κ1) is 20.8. The Balaban J connectivity index is 2.00. The van der Waals surface area contributed by atoms with Crippen LogP contribution < -0.4 is 9.47 Å². The van der Waals surface area contributed by atoms with E-state index in [1.54, 1.807) is 6.08 Å². The van der Waals surface area contributed by atoms with Crippen molar-refractivity contribution in [3.63, 3.8) is 0 Å². The van der Waals surface area contributed by atoms with E-state index in [-0.39, 0.29) is 35.8 Å². The van der Waals surface area contributed by atoms with Gasteiger partial charge in [-0.15, -0.1) is 6.58 Å². The van der Waals surface area contributed by atoms with Gasteiger partial charge < -0.3 is 14.2 Å². The fourth-order valence-corrected chi connectivity index (χ4v) is 6.93. The second-order valence-electron chi connectivity index (χ2n) is 7.40. The highest BCUT2D eigenvalue weighted by Gasteiger charge is 2.61. The summed E-state index contributed by atoms with van der Waals surface area (Å²) in [6, 6.07) is 7.79. The number of ether oxygens (including phenoxy) is 3. The second-order valence-corrected chi connectivity index (χ2v) is 9.61. The molecule has 30 heavy (non-hydrogen) atoms. The quantitative estimate of drug-likeness (QED) is 0.663. The van der Waals surface area contributed by atoms with Crippen LogP contribution in [0.1, 0.15) is 18.4 Å². The van der Waals surface area contributed by atoms with E-state index in [9.17, 15) is 12.8 Å². The Morgan fingerprint density at radius 3 is 2.57 bits per heavy atom. The Kier molecular flexibility index (Phi) is 5.32. The minimum absolute atomic E-state index is 0.00376. The van der Waals surface area contributed by atoms with Crippen molar-refractivity contribution in [3.05, 3.63) is 66.3 Å². The van der Waals surface area contributed by atoms with Crippen molar-refractivity contribution in [2.75, 3.05) is 20.3 Å². The molecule has 0 bridgehead atoms. The second kappa shape index (κ2) is 7.67. The standard InChI is InChI=1S/C22H22F2O5S/c1-3-4-19-16-13-29-21-18(24)10-9-17(23)20(21)22(16,11-12-28-19)30(25,26)15-7-5-14(27-2)6-8-15/h3,5-10,16,19H,1,4,11-13H2,2H3/t16-,19-,22-/m0/s1.